The van der Waals surface area contributed by atoms with Crippen LogP contribution in [0.15, 0.2) is 0 Å². The van der Waals surface area contributed by atoms with Crippen molar-refractivity contribution in [1.29, 1.82) is 0 Å². The van der Waals surface area contributed by atoms with Crippen molar-refractivity contribution in [3.8, 4) is 0 Å². The van der Waals surface area contributed by atoms with E-state index in [1.54, 1.807) is 0 Å². The van der Waals surface area contributed by atoms with Gasteiger partial charge in [0.05, 0.1) is 17.6 Å². The molecule has 0 bridgehead atoms. The van der Waals surface area contributed by atoms with Crippen LogP contribution in [0.5, 0.6) is 0 Å². The Morgan fingerprint density at radius 3 is 2.53 bits per heavy atom. The quantitative estimate of drug-likeness (QED) is 0.699. The molecule has 2 aliphatic carbocycles. The van der Waals surface area contributed by atoms with Gasteiger partial charge in [-0.3, -0.25) is 0 Å². The van der Waals surface area contributed by atoms with Crippen LogP contribution < -0.4 is 0 Å². The largest absolute Gasteiger partial charge is 0.374 e. The monoisotopic (exact) mass is 288 g/mol. The fourth-order valence-electron chi connectivity index (χ4n) is 3.74. The van der Waals surface area contributed by atoms with Crippen LogP contribution in [0.4, 0.5) is 0 Å². The average Bonchev–Trinajstić information content (AvgIpc) is 2.26. The fourth-order valence-corrected chi connectivity index (χ4v) is 4.15. The Bertz CT molecular complexity index is 292. The molecule has 112 valence electrons. The van der Waals surface area contributed by atoms with Crippen LogP contribution in [0.3, 0.4) is 0 Å². The van der Waals surface area contributed by atoms with Crippen LogP contribution in [0.2, 0.25) is 0 Å². The predicted octanol–water partition coefficient (Wildman–Crippen LogP) is 4.39. The number of alkyl halides is 1. The number of rotatable bonds is 5. The van der Waals surface area contributed by atoms with E-state index in [4.69, 9.17) is 21.1 Å². The minimum absolute atomic E-state index is 0.113. The molecule has 5 unspecified atom stereocenters. The molecule has 19 heavy (non-hydrogen) atoms. The Morgan fingerprint density at radius 1 is 1.21 bits per heavy atom. The van der Waals surface area contributed by atoms with Gasteiger partial charge in [-0.15, -0.1) is 11.6 Å². The maximum Gasteiger partial charge on any atom is 0.100 e. The molecule has 0 amide bonds. The van der Waals surface area contributed by atoms with Crippen molar-refractivity contribution >= 4 is 11.6 Å². The van der Waals surface area contributed by atoms with E-state index in [-0.39, 0.29) is 17.6 Å². The second-order valence-electron chi connectivity index (χ2n) is 7.30. The second kappa shape index (κ2) is 6.32. The van der Waals surface area contributed by atoms with Gasteiger partial charge in [-0.1, -0.05) is 27.7 Å². The molecule has 2 fully saturated rings. The lowest BCUT2D eigenvalue weighted by molar-refractivity contribution is -0.164. The van der Waals surface area contributed by atoms with Crippen molar-refractivity contribution in [1.82, 2.24) is 0 Å². The molecule has 2 rings (SSSR count). The molecule has 0 aromatic rings. The molecule has 2 saturated carbocycles. The molecule has 5 atom stereocenters. The van der Waals surface area contributed by atoms with Crippen molar-refractivity contribution in [2.75, 3.05) is 6.61 Å². The van der Waals surface area contributed by atoms with Crippen molar-refractivity contribution in [2.45, 2.75) is 83.5 Å². The summed E-state index contributed by atoms with van der Waals surface area (Å²) in [6.07, 6.45) is 6.38. The lowest BCUT2D eigenvalue weighted by Gasteiger charge is -2.46. The first-order valence-corrected chi connectivity index (χ1v) is 8.26. The summed E-state index contributed by atoms with van der Waals surface area (Å²) in [6.45, 7) is 9.97. The van der Waals surface area contributed by atoms with Gasteiger partial charge in [-0.25, -0.2) is 0 Å². The maximum atomic E-state index is 6.30. The summed E-state index contributed by atoms with van der Waals surface area (Å²) < 4.78 is 12.1. The summed E-state index contributed by atoms with van der Waals surface area (Å²) in [5.41, 5.74) is 0.409. The highest BCUT2D eigenvalue weighted by Gasteiger charge is 2.44. The molecule has 0 aromatic carbocycles. The minimum Gasteiger partial charge on any atom is -0.374 e. The van der Waals surface area contributed by atoms with Gasteiger partial charge >= 0.3 is 0 Å². The summed E-state index contributed by atoms with van der Waals surface area (Å²) in [6, 6.07) is 0. The summed E-state index contributed by atoms with van der Waals surface area (Å²) in [5, 5.41) is 0.144. The van der Waals surface area contributed by atoms with Crippen LogP contribution in [-0.4, -0.2) is 30.3 Å². The van der Waals surface area contributed by atoms with E-state index >= 15 is 0 Å². The Hall–Kier alpha value is 0.210. The van der Waals surface area contributed by atoms with E-state index in [2.05, 4.69) is 27.7 Å². The van der Waals surface area contributed by atoms with Gasteiger partial charge in [0.1, 0.15) is 6.10 Å². The average molecular weight is 289 g/mol. The molecule has 0 aliphatic heterocycles. The molecule has 0 heterocycles. The highest BCUT2D eigenvalue weighted by Crippen LogP contribution is 2.42. The third kappa shape index (κ3) is 4.09. The molecule has 0 aromatic heterocycles. The van der Waals surface area contributed by atoms with Gasteiger partial charge in [-0.2, -0.15) is 0 Å². The number of hydrogen-bond donors (Lipinski definition) is 0. The third-order valence-corrected chi connectivity index (χ3v) is 4.84. The van der Waals surface area contributed by atoms with E-state index in [1.807, 2.05) is 0 Å². The topological polar surface area (TPSA) is 18.5 Å². The lowest BCUT2D eigenvalue weighted by Crippen LogP contribution is -2.53. The van der Waals surface area contributed by atoms with Crippen LogP contribution in [0.1, 0.15) is 59.8 Å². The van der Waals surface area contributed by atoms with E-state index in [0.717, 1.165) is 25.4 Å². The first-order valence-electron chi connectivity index (χ1n) is 7.82. The molecular weight excluding hydrogens is 260 g/mol. The predicted molar refractivity (Wildman–Crippen MR) is 79.7 cm³/mol. The van der Waals surface area contributed by atoms with E-state index in [1.165, 1.54) is 19.3 Å². The lowest BCUT2D eigenvalue weighted by atomic mass is 9.71. The summed E-state index contributed by atoms with van der Waals surface area (Å²) in [4.78, 5) is 0. The van der Waals surface area contributed by atoms with E-state index < -0.39 is 0 Å². The number of hydrogen-bond acceptors (Lipinski definition) is 2. The zero-order valence-electron chi connectivity index (χ0n) is 12.8. The van der Waals surface area contributed by atoms with Gasteiger partial charge in [0.25, 0.3) is 0 Å². The molecule has 2 nitrogen and oxygen atoms in total. The van der Waals surface area contributed by atoms with Crippen molar-refractivity contribution in [3.05, 3.63) is 0 Å². The Labute approximate surface area is 123 Å². The SMILES string of the molecule is CCCOC1C(Cl)CC1OC1CC(C)CC(C)(C)C1. The molecular formula is C16H29ClO2. The highest BCUT2D eigenvalue weighted by molar-refractivity contribution is 6.21. The smallest absolute Gasteiger partial charge is 0.100 e. The molecule has 0 saturated heterocycles. The second-order valence-corrected chi connectivity index (χ2v) is 7.86. The first-order chi connectivity index (χ1) is 8.91. The Morgan fingerprint density at radius 2 is 1.95 bits per heavy atom. The third-order valence-electron chi connectivity index (χ3n) is 4.41. The fraction of sp³-hybridized carbons (Fsp3) is 1.00. The minimum atomic E-state index is 0.113. The number of halogens is 1. The van der Waals surface area contributed by atoms with Crippen molar-refractivity contribution < 1.29 is 9.47 Å². The van der Waals surface area contributed by atoms with Crippen LogP contribution in [0.25, 0.3) is 0 Å². The van der Waals surface area contributed by atoms with Gasteiger partial charge in [-0.05, 0) is 43.4 Å². The van der Waals surface area contributed by atoms with Gasteiger partial charge in [0.2, 0.25) is 0 Å². The maximum absolute atomic E-state index is 6.30. The Balaban J connectivity index is 1.83. The van der Waals surface area contributed by atoms with Crippen molar-refractivity contribution in [3.63, 3.8) is 0 Å². The van der Waals surface area contributed by atoms with Gasteiger partial charge < -0.3 is 9.47 Å². The zero-order valence-corrected chi connectivity index (χ0v) is 13.6. The number of ether oxygens (including phenoxy) is 2. The summed E-state index contributed by atoms with van der Waals surface area (Å²) in [7, 11) is 0. The van der Waals surface area contributed by atoms with E-state index in [9.17, 15) is 0 Å². The van der Waals surface area contributed by atoms with Gasteiger partial charge in [0.15, 0.2) is 0 Å². The molecule has 0 N–H and O–H groups in total. The van der Waals surface area contributed by atoms with Crippen LogP contribution >= 0.6 is 11.6 Å². The normalized spacial score (nSPS) is 41.8. The summed E-state index contributed by atoms with van der Waals surface area (Å²) >= 11 is 6.24. The van der Waals surface area contributed by atoms with E-state index in [0.29, 0.717) is 11.5 Å². The van der Waals surface area contributed by atoms with Gasteiger partial charge in [0, 0.05) is 6.61 Å². The molecule has 0 spiro atoms. The Kier molecular flexibility index (Phi) is 5.19. The standard InChI is InChI=1S/C16H29ClO2/c1-5-6-18-15-13(17)8-14(15)19-12-7-11(2)9-16(3,4)10-12/h11-15H,5-10H2,1-4H3. The molecule has 0 radical (unpaired) electrons. The van der Waals surface area contributed by atoms with Crippen LogP contribution in [-0.2, 0) is 9.47 Å². The summed E-state index contributed by atoms with van der Waals surface area (Å²) in [5.74, 6) is 0.760. The molecule has 3 heteroatoms. The van der Waals surface area contributed by atoms with Crippen molar-refractivity contribution in [2.24, 2.45) is 11.3 Å². The first kappa shape index (κ1) is 15.6. The highest BCUT2D eigenvalue weighted by atomic mass is 35.5. The van der Waals surface area contributed by atoms with Crippen LogP contribution in [0, 0.1) is 11.3 Å². The zero-order chi connectivity index (χ0) is 14.0. The molecule has 2 aliphatic rings.